The van der Waals surface area contributed by atoms with Crippen LogP contribution in [0.2, 0.25) is 0 Å². The fourth-order valence-corrected chi connectivity index (χ4v) is 5.32. The molecule has 0 spiro atoms. The molecule has 0 unspecified atom stereocenters. The second-order valence-electron chi connectivity index (χ2n) is 7.26. The van der Waals surface area contributed by atoms with Gasteiger partial charge in [0.05, 0.1) is 4.90 Å². The quantitative estimate of drug-likeness (QED) is 0.454. The van der Waals surface area contributed by atoms with E-state index in [2.05, 4.69) is 21.2 Å². The lowest BCUT2D eigenvalue weighted by Crippen LogP contribution is -2.16. The number of hydrogen-bond donors (Lipinski definition) is 2. The Balaban J connectivity index is 2.18. The second-order valence-corrected chi connectivity index (χ2v) is 10.1. The third-order valence-electron chi connectivity index (χ3n) is 4.74. The number of aryl methyl sites for hydroxylation is 1. The van der Waals surface area contributed by atoms with Crippen LogP contribution < -0.4 is 5.32 Å². The van der Waals surface area contributed by atoms with Crippen molar-refractivity contribution < 1.29 is 18.3 Å². The number of halogens is 1. The Kier molecular flexibility index (Phi) is 6.33. The van der Waals surface area contributed by atoms with E-state index in [1.807, 2.05) is 13.8 Å². The number of phenols is 1. The van der Waals surface area contributed by atoms with E-state index in [1.54, 1.807) is 55.5 Å². The number of carbonyl (C=O) groups excluding carboxylic acids is 1. The van der Waals surface area contributed by atoms with Crippen LogP contribution in [0.1, 0.15) is 41.3 Å². The lowest BCUT2D eigenvalue weighted by molar-refractivity contribution is 0.102. The first kappa shape index (κ1) is 22.1. The molecule has 0 radical (unpaired) electrons. The lowest BCUT2D eigenvalue weighted by Gasteiger charge is -2.21. The number of rotatable bonds is 5. The summed E-state index contributed by atoms with van der Waals surface area (Å²) >= 11 is 3.34. The van der Waals surface area contributed by atoms with Crippen LogP contribution in [0, 0.1) is 6.92 Å². The molecule has 0 atom stereocenters. The molecule has 5 nitrogen and oxygen atoms in total. The van der Waals surface area contributed by atoms with E-state index in [0.29, 0.717) is 22.4 Å². The smallest absolute Gasteiger partial charge is 0.255 e. The summed E-state index contributed by atoms with van der Waals surface area (Å²) in [6.45, 7) is 5.26. The van der Waals surface area contributed by atoms with Gasteiger partial charge in [0.15, 0.2) is 0 Å². The molecule has 0 aromatic heterocycles. The first-order valence-electron chi connectivity index (χ1n) is 9.36. The summed E-state index contributed by atoms with van der Waals surface area (Å²) in [5.41, 5.74) is 1.53. The third kappa shape index (κ3) is 4.27. The zero-order valence-corrected chi connectivity index (χ0v) is 19.2. The maximum atomic E-state index is 13.4. The fourth-order valence-electron chi connectivity index (χ4n) is 3.25. The minimum absolute atomic E-state index is 0.0815. The van der Waals surface area contributed by atoms with Gasteiger partial charge in [0.2, 0.25) is 9.84 Å². The topological polar surface area (TPSA) is 83.5 Å². The number of nitrogens with one attached hydrogen (secondary N) is 1. The van der Waals surface area contributed by atoms with Crippen molar-refractivity contribution >= 4 is 37.4 Å². The molecule has 0 saturated heterocycles. The van der Waals surface area contributed by atoms with Crippen LogP contribution in [0.15, 0.2) is 74.9 Å². The van der Waals surface area contributed by atoms with Crippen molar-refractivity contribution in [3.05, 3.63) is 81.8 Å². The first-order valence-corrected chi connectivity index (χ1v) is 11.6. The molecular weight excluding hydrogens is 466 g/mol. The van der Waals surface area contributed by atoms with Crippen molar-refractivity contribution in [3.8, 4) is 5.75 Å². The standard InChI is InChI=1S/C23H22BrNO4S/c1-14(2)20-19(25-23(27)16-9-11-17(24)12-10-16)13-15(3)21(26)22(20)30(28,29)18-7-5-4-6-8-18/h4-14,26H,1-3H3,(H,25,27). The largest absolute Gasteiger partial charge is 0.506 e. The van der Waals surface area contributed by atoms with Crippen molar-refractivity contribution in [1.29, 1.82) is 0 Å². The second kappa shape index (κ2) is 8.62. The number of phenolic OH excluding ortho intramolecular Hbond substituents is 1. The summed E-state index contributed by atoms with van der Waals surface area (Å²) in [5, 5.41) is 13.6. The number of amides is 1. The molecule has 156 valence electrons. The van der Waals surface area contributed by atoms with Crippen LogP contribution in [-0.2, 0) is 9.84 Å². The minimum atomic E-state index is -4.00. The molecule has 0 aliphatic carbocycles. The average Bonchev–Trinajstić information content (AvgIpc) is 2.71. The predicted octanol–water partition coefficient (Wildman–Crippen LogP) is 5.67. The molecule has 3 rings (SSSR count). The van der Waals surface area contributed by atoms with Crippen molar-refractivity contribution in [2.24, 2.45) is 0 Å². The molecular formula is C23H22BrNO4S. The molecule has 30 heavy (non-hydrogen) atoms. The van der Waals surface area contributed by atoms with Crippen LogP contribution >= 0.6 is 15.9 Å². The molecule has 3 aromatic rings. The molecule has 0 aliphatic rings. The predicted molar refractivity (Wildman–Crippen MR) is 121 cm³/mol. The van der Waals surface area contributed by atoms with Crippen molar-refractivity contribution in [2.45, 2.75) is 36.5 Å². The molecule has 0 bridgehead atoms. The Morgan fingerprint density at radius 1 is 1.03 bits per heavy atom. The van der Waals surface area contributed by atoms with Gasteiger partial charge in [-0.1, -0.05) is 48.0 Å². The van der Waals surface area contributed by atoms with Crippen molar-refractivity contribution in [3.63, 3.8) is 0 Å². The first-order chi connectivity index (χ1) is 14.1. The molecule has 2 N–H and O–H groups in total. The zero-order chi connectivity index (χ0) is 22.1. The molecule has 0 saturated carbocycles. The number of benzene rings is 3. The van der Waals surface area contributed by atoms with Crippen LogP contribution in [0.3, 0.4) is 0 Å². The number of aromatic hydroxyl groups is 1. The number of sulfone groups is 1. The van der Waals surface area contributed by atoms with Gasteiger partial charge in [0.1, 0.15) is 10.6 Å². The SMILES string of the molecule is Cc1cc(NC(=O)c2ccc(Br)cc2)c(C(C)C)c(S(=O)(=O)c2ccccc2)c1O. The van der Waals surface area contributed by atoms with Gasteiger partial charge >= 0.3 is 0 Å². The minimum Gasteiger partial charge on any atom is -0.506 e. The van der Waals surface area contributed by atoms with E-state index in [0.717, 1.165) is 4.47 Å². The molecule has 0 fully saturated rings. The maximum absolute atomic E-state index is 13.4. The van der Waals surface area contributed by atoms with E-state index in [9.17, 15) is 18.3 Å². The number of hydrogen-bond acceptors (Lipinski definition) is 4. The van der Waals surface area contributed by atoms with Crippen LogP contribution in [0.25, 0.3) is 0 Å². The van der Waals surface area contributed by atoms with E-state index in [4.69, 9.17) is 0 Å². The van der Waals surface area contributed by atoms with Gasteiger partial charge in [-0.05, 0) is 60.9 Å². The maximum Gasteiger partial charge on any atom is 0.255 e. The van der Waals surface area contributed by atoms with Gasteiger partial charge in [0, 0.05) is 21.3 Å². The van der Waals surface area contributed by atoms with Gasteiger partial charge in [-0.15, -0.1) is 0 Å². The Hall–Kier alpha value is -2.64. The lowest BCUT2D eigenvalue weighted by atomic mass is 9.98. The number of anilines is 1. The normalized spacial score (nSPS) is 11.5. The molecule has 7 heteroatoms. The van der Waals surface area contributed by atoms with Gasteiger partial charge in [0.25, 0.3) is 5.91 Å². The zero-order valence-electron chi connectivity index (χ0n) is 16.8. The van der Waals surface area contributed by atoms with Crippen LogP contribution in [0.4, 0.5) is 5.69 Å². The monoisotopic (exact) mass is 487 g/mol. The molecule has 0 heterocycles. The highest BCUT2D eigenvalue weighted by Gasteiger charge is 2.30. The summed E-state index contributed by atoms with van der Waals surface area (Å²) in [5.74, 6) is -0.938. The average molecular weight is 488 g/mol. The highest BCUT2D eigenvalue weighted by molar-refractivity contribution is 9.10. The van der Waals surface area contributed by atoms with Crippen LogP contribution in [0.5, 0.6) is 5.75 Å². The summed E-state index contributed by atoms with van der Waals surface area (Å²) in [6.07, 6.45) is 0. The Morgan fingerprint density at radius 2 is 1.63 bits per heavy atom. The highest BCUT2D eigenvalue weighted by atomic mass is 79.9. The Bertz CT molecular complexity index is 1190. The van der Waals surface area contributed by atoms with Gasteiger partial charge in [-0.25, -0.2) is 8.42 Å². The van der Waals surface area contributed by atoms with E-state index >= 15 is 0 Å². The summed E-state index contributed by atoms with van der Waals surface area (Å²) in [6, 6.07) is 16.4. The molecule has 1 amide bonds. The van der Waals surface area contributed by atoms with E-state index in [-0.39, 0.29) is 27.4 Å². The van der Waals surface area contributed by atoms with E-state index < -0.39 is 9.84 Å². The summed E-state index contributed by atoms with van der Waals surface area (Å²) in [4.78, 5) is 12.7. The van der Waals surface area contributed by atoms with Gasteiger partial charge < -0.3 is 10.4 Å². The fraction of sp³-hybridized carbons (Fsp3) is 0.174. The summed E-state index contributed by atoms with van der Waals surface area (Å²) < 4.78 is 27.6. The van der Waals surface area contributed by atoms with E-state index in [1.165, 1.54) is 12.1 Å². The molecule has 3 aromatic carbocycles. The summed E-state index contributed by atoms with van der Waals surface area (Å²) in [7, 11) is -4.00. The Labute approximate surface area is 184 Å². The third-order valence-corrected chi connectivity index (χ3v) is 7.11. The van der Waals surface area contributed by atoms with Crippen molar-refractivity contribution in [2.75, 3.05) is 5.32 Å². The number of carbonyl (C=O) groups is 1. The van der Waals surface area contributed by atoms with Crippen LogP contribution in [-0.4, -0.2) is 19.4 Å². The van der Waals surface area contributed by atoms with Gasteiger partial charge in [-0.2, -0.15) is 0 Å². The van der Waals surface area contributed by atoms with Gasteiger partial charge in [-0.3, -0.25) is 4.79 Å². The highest BCUT2D eigenvalue weighted by Crippen LogP contribution is 2.42. The Morgan fingerprint density at radius 3 is 2.20 bits per heavy atom. The molecule has 0 aliphatic heterocycles. The van der Waals surface area contributed by atoms with Crippen molar-refractivity contribution in [1.82, 2.24) is 0 Å².